The van der Waals surface area contributed by atoms with Gasteiger partial charge in [-0.2, -0.15) is 0 Å². The quantitative estimate of drug-likeness (QED) is 0.383. The van der Waals surface area contributed by atoms with E-state index in [0.29, 0.717) is 29.1 Å². The van der Waals surface area contributed by atoms with Crippen molar-refractivity contribution in [3.05, 3.63) is 92.1 Å². The first kappa shape index (κ1) is 24.6. The highest BCUT2D eigenvalue weighted by atomic mass is 35.5. The summed E-state index contributed by atoms with van der Waals surface area (Å²) >= 11 is 7.46. The van der Waals surface area contributed by atoms with E-state index in [1.807, 2.05) is 29.8 Å². The smallest absolute Gasteiger partial charge is 0.257 e. The molecule has 0 radical (unpaired) electrons. The van der Waals surface area contributed by atoms with Crippen molar-refractivity contribution in [3.63, 3.8) is 0 Å². The zero-order chi connectivity index (χ0) is 25.2. The lowest BCUT2D eigenvalue weighted by molar-refractivity contribution is 0.0688. The van der Waals surface area contributed by atoms with Crippen LogP contribution in [0, 0.1) is 0 Å². The average Bonchev–Trinajstić information content (AvgIpc) is 3.54. The number of pyridine rings is 1. The van der Waals surface area contributed by atoms with Gasteiger partial charge in [0.15, 0.2) is 0 Å². The van der Waals surface area contributed by atoms with E-state index in [2.05, 4.69) is 20.2 Å². The van der Waals surface area contributed by atoms with Crippen molar-refractivity contribution in [2.75, 3.05) is 6.54 Å². The van der Waals surface area contributed by atoms with Crippen LogP contribution in [0.25, 0.3) is 10.2 Å². The Labute approximate surface area is 217 Å². The van der Waals surface area contributed by atoms with E-state index in [9.17, 15) is 14.7 Å². The lowest BCUT2D eigenvalue weighted by Gasteiger charge is -2.28. The minimum atomic E-state index is -0.676. The number of carbonyl (C=O) groups excluding carboxylic acids is 1. The van der Waals surface area contributed by atoms with Crippen molar-refractivity contribution in [2.45, 2.75) is 38.1 Å². The van der Waals surface area contributed by atoms with Crippen LogP contribution in [-0.4, -0.2) is 43.0 Å². The first-order valence-electron chi connectivity index (χ1n) is 11.7. The number of hydrogen-bond donors (Lipinski definition) is 2. The standard InChI is InChI=1S/C26H26ClN5O3S/c1-31-14-21(25(35)30-10-16-4-6-18(27)7-5-16)24(34)20-9-19(36-26(20)31)13-32-8-2-3-22(32)23(33)17-11-28-15-29-12-17/h4-7,9,11-12,14-15,22-23,33H,2-3,8,10,13H2,1H3,(H,30,35)/t22?,23-/m0/s1. The SMILES string of the molecule is Cn1cc(C(=O)NCc2ccc(Cl)cc2)c(=O)c2cc(CN3CCCC3[C@@H](O)c3cncnc3)sc21. The van der Waals surface area contributed by atoms with Gasteiger partial charge in [0.1, 0.15) is 16.7 Å². The van der Waals surface area contributed by atoms with Gasteiger partial charge in [0.2, 0.25) is 5.43 Å². The predicted octanol–water partition coefficient (Wildman–Crippen LogP) is 3.67. The monoisotopic (exact) mass is 523 g/mol. The predicted molar refractivity (Wildman–Crippen MR) is 140 cm³/mol. The molecule has 4 heterocycles. The number of hydrogen-bond acceptors (Lipinski definition) is 7. The van der Waals surface area contributed by atoms with Crippen LogP contribution in [0.5, 0.6) is 0 Å². The van der Waals surface area contributed by atoms with Crippen molar-refractivity contribution >= 4 is 39.1 Å². The summed E-state index contributed by atoms with van der Waals surface area (Å²) in [6, 6.07) is 9.03. The van der Waals surface area contributed by atoms with E-state index >= 15 is 0 Å². The number of carbonyl (C=O) groups is 1. The Kier molecular flexibility index (Phi) is 7.15. The largest absolute Gasteiger partial charge is 0.387 e. The highest BCUT2D eigenvalue weighted by molar-refractivity contribution is 7.18. The molecule has 10 heteroatoms. The fourth-order valence-electron chi connectivity index (χ4n) is 4.72. The number of amides is 1. The minimum Gasteiger partial charge on any atom is -0.387 e. The molecule has 0 saturated carbocycles. The molecule has 186 valence electrons. The zero-order valence-corrected chi connectivity index (χ0v) is 21.3. The van der Waals surface area contributed by atoms with Gasteiger partial charge in [0.25, 0.3) is 5.91 Å². The van der Waals surface area contributed by atoms with Crippen LogP contribution in [0.1, 0.15) is 45.3 Å². The summed E-state index contributed by atoms with van der Waals surface area (Å²) in [4.78, 5) is 38.2. The van der Waals surface area contributed by atoms with Crippen molar-refractivity contribution < 1.29 is 9.90 Å². The molecule has 1 fully saturated rings. The van der Waals surface area contributed by atoms with Crippen LogP contribution in [0.15, 0.2) is 60.0 Å². The number of rotatable bonds is 7. The molecule has 1 aliphatic heterocycles. The molecular formula is C26H26ClN5O3S. The van der Waals surface area contributed by atoms with Gasteiger partial charge in [-0.1, -0.05) is 23.7 Å². The third-order valence-electron chi connectivity index (χ3n) is 6.57. The number of aliphatic hydroxyl groups is 1. The number of fused-ring (bicyclic) bond motifs is 1. The van der Waals surface area contributed by atoms with Gasteiger partial charge in [-0.3, -0.25) is 14.5 Å². The molecule has 4 aromatic rings. The fraction of sp³-hybridized carbons (Fsp3) is 0.308. The number of thiophene rings is 1. The van der Waals surface area contributed by atoms with E-state index < -0.39 is 12.0 Å². The fourth-order valence-corrected chi connectivity index (χ4v) is 5.96. The van der Waals surface area contributed by atoms with E-state index in [1.165, 1.54) is 17.7 Å². The molecule has 0 bridgehead atoms. The Morgan fingerprint density at radius 3 is 2.78 bits per heavy atom. The Bertz CT molecular complexity index is 1440. The number of aliphatic hydroxyl groups excluding tert-OH is 1. The van der Waals surface area contributed by atoms with Gasteiger partial charge in [-0.05, 0) is 43.1 Å². The first-order chi connectivity index (χ1) is 17.4. The van der Waals surface area contributed by atoms with Gasteiger partial charge in [0, 0.05) is 60.2 Å². The Morgan fingerprint density at radius 2 is 2.03 bits per heavy atom. The number of likely N-dealkylation sites (tertiary alicyclic amines) is 1. The van der Waals surface area contributed by atoms with E-state index in [1.54, 1.807) is 30.7 Å². The highest BCUT2D eigenvalue weighted by Gasteiger charge is 2.32. The number of nitrogens with zero attached hydrogens (tertiary/aromatic N) is 4. The molecule has 0 aliphatic carbocycles. The molecule has 1 amide bonds. The van der Waals surface area contributed by atoms with Crippen molar-refractivity contribution in [2.24, 2.45) is 7.05 Å². The number of aromatic nitrogens is 3. The van der Waals surface area contributed by atoms with E-state index in [4.69, 9.17) is 11.6 Å². The van der Waals surface area contributed by atoms with Crippen molar-refractivity contribution in [1.29, 1.82) is 0 Å². The summed E-state index contributed by atoms with van der Waals surface area (Å²) in [5.41, 5.74) is 1.43. The molecule has 36 heavy (non-hydrogen) atoms. The van der Waals surface area contributed by atoms with Gasteiger partial charge in [-0.25, -0.2) is 9.97 Å². The molecule has 1 unspecified atom stereocenters. The molecule has 5 rings (SSSR count). The van der Waals surface area contributed by atoms with Gasteiger partial charge in [-0.15, -0.1) is 11.3 Å². The van der Waals surface area contributed by atoms with Crippen LogP contribution in [0.3, 0.4) is 0 Å². The van der Waals surface area contributed by atoms with Gasteiger partial charge >= 0.3 is 0 Å². The van der Waals surface area contributed by atoms with Crippen molar-refractivity contribution in [1.82, 2.24) is 24.8 Å². The molecule has 2 N–H and O–H groups in total. The minimum absolute atomic E-state index is 0.0455. The van der Waals surface area contributed by atoms with Crippen LogP contribution in [0.2, 0.25) is 5.02 Å². The lowest BCUT2D eigenvalue weighted by Crippen LogP contribution is -2.33. The van der Waals surface area contributed by atoms with Gasteiger partial charge in [0.05, 0.1) is 11.5 Å². The van der Waals surface area contributed by atoms with Gasteiger partial charge < -0.3 is 15.0 Å². The average molecular weight is 524 g/mol. The molecule has 2 atom stereocenters. The third-order valence-corrected chi connectivity index (χ3v) is 8.03. The van der Waals surface area contributed by atoms with Crippen LogP contribution < -0.4 is 10.7 Å². The molecular weight excluding hydrogens is 498 g/mol. The van der Waals surface area contributed by atoms with E-state index in [-0.39, 0.29) is 17.0 Å². The maximum absolute atomic E-state index is 13.2. The summed E-state index contributed by atoms with van der Waals surface area (Å²) in [5.74, 6) is -0.409. The second-order valence-corrected chi connectivity index (χ2v) is 10.6. The first-order valence-corrected chi connectivity index (χ1v) is 12.9. The topological polar surface area (TPSA) is 100 Å². The summed E-state index contributed by atoms with van der Waals surface area (Å²) in [6.07, 6.45) is 7.53. The number of halogens is 1. The molecule has 1 aliphatic rings. The molecule has 8 nitrogen and oxygen atoms in total. The second-order valence-electron chi connectivity index (χ2n) is 9.02. The molecule has 1 aromatic carbocycles. The maximum atomic E-state index is 13.2. The summed E-state index contributed by atoms with van der Waals surface area (Å²) < 4.78 is 1.83. The van der Waals surface area contributed by atoms with Crippen molar-refractivity contribution in [3.8, 4) is 0 Å². The summed E-state index contributed by atoms with van der Waals surface area (Å²) in [5, 5.41) is 14.9. The Hall–Kier alpha value is -3.11. The number of benzene rings is 1. The lowest BCUT2D eigenvalue weighted by atomic mass is 10.0. The van der Waals surface area contributed by atoms with E-state index in [0.717, 1.165) is 34.7 Å². The second kappa shape index (κ2) is 10.5. The molecule has 1 saturated heterocycles. The normalized spacial score (nSPS) is 16.9. The Balaban J connectivity index is 1.34. The third kappa shape index (κ3) is 5.05. The Morgan fingerprint density at radius 1 is 1.28 bits per heavy atom. The zero-order valence-electron chi connectivity index (χ0n) is 19.7. The van der Waals surface area contributed by atoms with Crippen LogP contribution in [0.4, 0.5) is 0 Å². The summed E-state index contributed by atoms with van der Waals surface area (Å²) in [7, 11) is 1.84. The molecule has 3 aromatic heterocycles. The molecule has 0 spiro atoms. The number of aryl methyl sites for hydroxylation is 1. The highest BCUT2D eigenvalue weighted by Crippen LogP contribution is 2.32. The maximum Gasteiger partial charge on any atom is 0.257 e. The summed E-state index contributed by atoms with van der Waals surface area (Å²) in [6.45, 7) is 1.78. The van der Waals surface area contributed by atoms with Crippen LogP contribution in [-0.2, 0) is 20.1 Å². The number of nitrogens with one attached hydrogen (secondary N) is 1. The van der Waals surface area contributed by atoms with Crippen LogP contribution >= 0.6 is 22.9 Å².